The lowest BCUT2D eigenvalue weighted by Gasteiger charge is -2.20. The van der Waals surface area contributed by atoms with Crippen molar-refractivity contribution >= 4 is 43.7 Å². The van der Waals surface area contributed by atoms with E-state index in [1.54, 1.807) is 18.2 Å². The summed E-state index contributed by atoms with van der Waals surface area (Å²) >= 11 is 6.86. The first-order valence-electron chi connectivity index (χ1n) is 11.1. The van der Waals surface area contributed by atoms with Crippen molar-refractivity contribution < 1.29 is 19.1 Å². The molecule has 3 rings (SSSR count). The van der Waals surface area contributed by atoms with Gasteiger partial charge in [0.25, 0.3) is 11.8 Å². The van der Waals surface area contributed by atoms with Gasteiger partial charge in [-0.15, -0.1) is 0 Å². The van der Waals surface area contributed by atoms with Gasteiger partial charge in [0.1, 0.15) is 11.5 Å². The second-order valence-corrected chi connectivity index (χ2v) is 10.7. The number of hydrogen-bond acceptors (Lipinski definition) is 4. The van der Waals surface area contributed by atoms with Crippen LogP contribution in [0.5, 0.6) is 11.5 Å². The van der Waals surface area contributed by atoms with Crippen LogP contribution >= 0.6 is 31.9 Å². The summed E-state index contributed by atoms with van der Waals surface area (Å²) in [4.78, 5) is 25.0. The summed E-state index contributed by atoms with van der Waals surface area (Å²) < 4.78 is 12.9. The summed E-state index contributed by atoms with van der Waals surface area (Å²) in [5, 5.41) is 0. The van der Waals surface area contributed by atoms with Gasteiger partial charge in [0, 0.05) is 10.9 Å². The number of amides is 2. The Labute approximate surface area is 222 Å². The molecule has 0 aliphatic heterocycles. The summed E-state index contributed by atoms with van der Waals surface area (Å²) in [6.07, 6.45) is 0.707. The molecule has 2 N–H and O–H groups in total. The van der Waals surface area contributed by atoms with Gasteiger partial charge in [0.2, 0.25) is 0 Å². The standard InChI is InChI=1S/C27H28Br2N2O4/c1-27(2,3)19-9-11-24(22(29)15-19)35-17-25(32)30-31-26(33)21-16-20(28)10-12-23(21)34-14-13-18-7-5-4-6-8-18/h4-12,15-16H,13-14,17H2,1-3H3,(H,30,32)(H,31,33). The number of benzene rings is 3. The fourth-order valence-electron chi connectivity index (χ4n) is 3.19. The van der Waals surface area contributed by atoms with Gasteiger partial charge in [-0.3, -0.25) is 20.4 Å². The van der Waals surface area contributed by atoms with E-state index in [9.17, 15) is 9.59 Å². The number of hydrazine groups is 1. The van der Waals surface area contributed by atoms with Crippen LogP contribution in [0.2, 0.25) is 0 Å². The van der Waals surface area contributed by atoms with Crippen LogP contribution in [0.1, 0.15) is 42.3 Å². The second-order valence-electron chi connectivity index (χ2n) is 8.91. The van der Waals surface area contributed by atoms with E-state index in [4.69, 9.17) is 9.47 Å². The lowest BCUT2D eigenvalue weighted by atomic mass is 9.87. The molecule has 184 valence electrons. The summed E-state index contributed by atoms with van der Waals surface area (Å²) in [7, 11) is 0. The number of nitrogens with one attached hydrogen (secondary N) is 2. The summed E-state index contributed by atoms with van der Waals surface area (Å²) in [6.45, 7) is 6.52. The van der Waals surface area contributed by atoms with Crippen molar-refractivity contribution in [1.82, 2.24) is 10.9 Å². The third kappa shape index (κ3) is 8.11. The molecule has 0 aliphatic rings. The number of rotatable bonds is 8. The van der Waals surface area contributed by atoms with E-state index in [0.717, 1.165) is 20.1 Å². The van der Waals surface area contributed by atoms with Crippen LogP contribution in [-0.2, 0) is 16.6 Å². The molecule has 3 aromatic rings. The Morgan fingerprint density at radius 2 is 1.57 bits per heavy atom. The van der Waals surface area contributed by atoms with Gasteiger partial charge in [0.15, 0.2) is 6.61 Å². The lowest BCUT2D eigenvalue weighted by molar-refractivity contribution is -0.123. The number of carbonyl (C=O) groups excluding carboxylic acids is 2. The number of hydrogen-bond donors (Lipinski definition) is 2. The topological polar surface area (TPSA) is 76.7 Å². The second kappa shape index (κ2) is 12.2. The molecule has 0 atom stereocenters. The summed E-state index contributed by atoms with van der Waals surface area (Å²) in [5.41, 5.74) is 7.39. The molecule has 35 heavy (non-hydrogen) atoms. The average molecular weight is 604 g/mol. The lowest BCUT2D eigenvalue weighted by Crippen LogP contribution is -2.44. The fraction of sp³-hybridized carbons (Fsp3) is 0.259. The maximum absolute atomic E-state index is 12.7. The van der Waals surface area contributed by atoms with Crippen LogP contribution in [0.3, 0.4) is 0 Å². The van der Waals surface area contributed by atoms with Crippen LogP contribution in [0.15, 0.2) is 75.7 Å². The highest BCUT2D eigenvalue weighted by Crippen LogP contribution is 2.31. The third-order valence-corrected chi connectivity index (χ3v) is 6.26. The molecule has 2 amide bonds. The molecule has 3 aromatic carbocycles. The zero-order valence-corrected chi connectivity index (χ0v) is 23.0. The molecule has 0 saturated heterocycles. The van der Waals surface area contributed by atoms with Gasteiger partial charge < -0.3 is 9.47 Å². The molecule has 0 spiro atoms. The Kier molecular flexibility index (Phi) is 9.34. The van der Waals surface area contributed by atoms with E-state index >= 15 is 0 Å². The van der Waals surface area contributed by atoms with E-state index in [1.165, 1.54) is 0 Å². The first-order chi connectivity index (χ1) is 16.6. The maximum Gasteiger partial charge on any atom is 0.276 e. The Hall–Kier alpha value is -2.84. The normalized spacial score (nSPS) is 11.0. The number of halogens is 2. The first-order valence-corrected chi connectivity index (χ1v) is 12.7. The van der Waals surface area contributed by atoms with Crippen molar-refractivity contribution in [2.45, 2.75) is 32.6 Å². The third-order valence-electron chi connectivity index (χ3n) is 5.15. The van der Waals surface area contributed by atoms with Crippen molar-refractivity contribution in [3.8, 4) is 11.5 Å². The van der Waals surface area contributed by atoms with E-state index in [-0.39, 0.29) is 12.0 Å². The Bertz CT molecular complexity index is 1180. The van der Waals surface area contributed by atoms with Crippen molar-refractivity contribution in [2.75, 3.05) is 13.2 Å². The predicted molar refractivity (Wildman–Crippen MR) is 144 cm³/mol. The van der Waals surface area contributed by atoms with E-state index in [2.05, 4.69) is 63.5 Å². The molecule has 0 aromatic heterocycles. The Balaban J connectivity index is 1.53. The minimum absolute atomic E-state index is 0.000741. The summed E-state index contributed by atoms with van der Waals surface area (Å²) in [6, 6.07) is 20.9. The fourth-order valence-corrected chi connectivity index (χ4v) is 4.04. The van der Waals surface area contributed by atoms with Gasteiger partial charge in [-0.2, -0.15) is 0 Å². The maximum atomic E-state index is 12.7. The molecule has 0 unspecified atom stereocenters. The minimum Gasteiger partial charge on any atom is -0.492 e. The van der Waals surface area contributed by atoms with Crippen molar-refractivity contribution in [3.63, 3.8) is 0 Å². The molecule has 0 aliphatic carbocycles. The first kappa shape index (κ1) is 26.8. The van der Waals surface area contributed by atoms with Crippen LogP contribution in [0, 0.1) is 0 Å². The van der Waals surface area contributed by atoms with Gasteiger partial charge in [-0.1, -0.05) is 73.1 Å². The molecular formula is C27H28Br2N2O4. The van der Waals surface area contributed by atoms with E-state index < -0.39 is 11.8 Å². The molecular weight excluding hydrogens is 576 g/mol. The van der Waals surface area contributed by atoms with Crippen LogP contribution < -0.4 is 20.3 Å². The summed E-state index contributed by atoms with van der Waals surface area (Å²) in [5.74, 6) is -0.0210. The SMILES string of the molecule is CC(C)(C)c1ccc(OCC(=O)NNC(=O)c2cc(Br)ccc2OCCc2ccccc2)c(Br)c1. The van der Waals surface area contributed by atoms with Gasteiger partial charge >= 0.3 is 0 Å². The average Bonchev–Trinajstić information content (AvgIpc) is 2.82. The largest absolute Gasteiger partial charge is 0.492 e. The van der Waals surface area contributed by atoms with Gasteiger partial charge in [0.05, 0.1) is 16.6 Å². The molecule has 0 bridgehead atoms. The predicted octanol–water partition coefficient (Wildman–Crippen LogP) is 5.97. The Morgan fingerprint density at radius 3 is 2.26 bits per heavy atom. The van der Waals surface area contributed by atoms with Crippen molar-refractivity contribution in [3.05, 3.63) is 92.4 Å². The molecule has 0 fully saturated rings. The molecule has 0 saturated carbocycles. The van der Waals surface area contributed by atoms with Crippen molar-refractivity contribution in [1.29, 1.82) is 0 Å². The monoisotopic (exact) mass is 602 g/mol. The molecule has 0 heterocycles. The number of ether oxygens (including phenoxy) is 2. The highest BCUT2D eigenvalue weighted by atomic mass is 79.9. The molecule has 6 nitrogen and oxygen atoms in total. The van der Waals surface area contributed by atoms with Crippen molar-refractivity contribution in [2.24, 2.45) is 0 Å². The van der Waals surface area contributed by atoms with E-state index in [1.807, 2.05) is 48.5 Å². The number of carbonyl (C=O) groups is 2. The van der Waals surface area contributed by atoms with E-state index in [0.29, 0.717) is 30.1 Å². The minimum atomic E-state index is -0.495. The van der Waals surface area contributed by atoms with Crippen LogP contribution in [-0.4, -0.2) is 25.0 Å². The van der Waals surface area contributed by atoms with Crippen LogP contribution in [0.4, 0.5) is 0 Å². The molecule has 0 radical (unpaired) electrons. The van der Waals surface area contributed by atoms with Crippen LogP contribution in [0.25, 0.3) is 0 Å². The Morgan fingerprint density at radius 1 is 0.857 bits per heavy atom. The zero-order valence-electron chi connectivity index (χ0n) is 19.9. The van der Waals surface area contributed by atoms with Gasteiger partial charge in [-0.25, -0.2) is 0 Å². The smallest absolute Gasteiger partial charge is 0.276 e. The van der Waals surface area contributed by atoms with Gasteiger partial charge in [-0.05, 0) is 62.8 Å². The zero-order chi connectivity index (χ0) is 25.4. The molecule has 8 heteroatoms. The highest BCUT2D eigenvalue weighted by Gasteiger charge is 2.17. The highest BCUT2D eigenvalue weighted by molar-refractivity contribution is 9.10. The quantitative estimate of drug-likeness (QED) is 0.311.